The van der Waals surface area contributed by atoms with Crippen LogP contribution in [0.5, 0.6) is 0 Å². The molecule has 0 heterocycles. The number of carbonyl (C=O) groups is 2. The van der Waals surface area contributed by atoms with Gasteiger partial charge in [-0.05, 0) is 81.0 Å². The Morgan fingerprint density at radius 2 is 1.45 bits per heavy atom. The van der Waals surface area contributed by atoms with Crippen LogP contribution in [0.15, 0.2) is 71.6 Å². The molecule has 0 unspecified atom stereocenters. The molecular weight excluding hydrogens is 458 g/mol. The number of nitrogens with one attached hydrogen (secondary N) is 3. The summed E-state index contributed by atoms with van der Waals surface area (Å²) in [4.78, 5) is 23.8. The number of carbonyl (C=O) groups excluding carboxylic acids is 2. The summed E-state index contributed by atoms with van der Waals surface area (Å²) in [5.74, 6) is -0.520. The fourth-order valence-electron chi connectivity index (χ4n) is 3.04. The van der Waals surface area contributed by atoms with Crippen molar-refractivity contribution in [1.29, 1.82) is 0 Å². The highest BCUT2D eigenvalue weighted by atomic mass is 32.2. The van der Waals surface area contributed by atoms with Crippen molar-refractivity contribution in [2.24, 2.45) is 0 Å². The van der Waals surface area contributed by atoms with Gasteiger partial charge in [-0.3, -0.25) is 19.6 Å². The van der Waals surface area contributed by atoms with E-state index in [1.165, 1.54) is 31.2 Å². The van der Waals surface area contributed by atoms with E-state index in [4.69, 9.17) is 12.2 Å². The topological polar surface area (TPSA) is 104 Å². The average molecular weight is 482 g/mol. The average Bonchev–Trinajstić information content (AvgIpc) is 2.76. The lowest BCUT2D eigenvalue weighted by Gasteiger charge is -2.13. The Morgan fingerprint density at radius 1 is 0.848 bits per heavy atom. The van der Waals surface area contributed by atoms with Crippen molar-refractivity contribution in [3.8, 4) is 0 Å². The molecule has 0 aromatic heterocycles. The lowest BCUT2D eigenvalue weighted by Crippen LogP contribution is -2.34. The summed E-state index contributed by atoms with van der Waals surface area (Å²) in [7, 11) is -3.76. The van der Waals surface area contributed by atoms with E-state index in [9.17, 15) is 18.0 Å². The van der Waals surface area contributed by atoms with E-state index in [0.29, 0.717) is 22.5 Å². The van der Waals surface area contributed by atoms with Crippen molar-refractivity contribution in [3.05, 3.63) is 89.0 Å². The molecular formula is C24H23N3O4S2. The number of aryl methyl sites for hydroxylation is 2. The third kappa shape index (κ3) is 6.24. The normalized spacial score (nSPS) is 10.9. The molecule has 170 valence electrons. The van der Waals surface area contributed by atoms with Crippen LogP contribution in [0.1, 0.15) is 38.8 Å². The van der Waals surface area contributed by atoms with Gasteiger partial charge in [0.15, 0.2) is 10.9 Å². The molecule has 1 amide bonds. The highest BCUT2D eigenvalue weighted by Gasteiger charge is 2.16. The number of Topliss-reactive ketones (excluding diaryl/α,β-unsaturated/α-hetero) is 1. The molecule has 7 nitrogen and oxygen atoms in total. The third-order valence-corrected chi connectivity index (χ3v) is 6.41. The summed E-state index contributed by atoms with van der Waals surface area (Å²) < 4.78 is 28.0. The Morgan fingerprint density at radius 3 is 2.03 bits per heavy atom. The number of hydrogen-bond acceptors (Lipinski definition) is 5. The first-order valence-electron chi connectivity index (χ1n) is 9.98. The number of anilines is 2. The maximum atomic E-state index is 12.7. The van der Waals surface area contributed by atoms with E-state index < -0.39 is 15.9 Å². The standard InChI is InChI=1S/C24H23N3O4S2/c1-15-4-13-22(16(2)14-15)27-33(30,31)21-11-9-20(10-12-21)25-24(32)26-23(29)19-7-5-18(6-8-19)17(3)28/h4-14,27H,1-3H3,(H2,25,26,29,32). The van der Waals surface area contributed by atoms with Gasteiger partial charge in [-0.1, -0.05) is 29.8 Å². The first kappa shape index (κ1) is 24.1. The predicted octanol–water partition coefficient (Wildman–Crippen LogP) is 4.43. The van der Waals surface area contributed by atoms with Gasteiger partial charge in [-0.2, -0.15) is 0 Å². The van der Waals surface area contributed by atoms with Gasteiger partial charge in [0.1, 0.15) is 0 Å². The minimum absolute atomic E-state index is 0.0552. The summed E-state index contributed by atoms with van der Waals surface area (Å²) in [5, 5.41) is 5.45. The Kier molecular flexibility index (Phi) is 7.25. The Hall–Kier alpha value is -3.56. The lowest BCUT2D eigenvalue weighted by atomic mass is 10.1. The molecule has 0 radical (unpaired) electrons. The highest BCUT2D eigenvalue weighted by molar-refractivity contribution is 7.92. The van der Waals surface area contributed by atoms with Crippen molar-refractivity contribution in [3.63, 3.8) is 0 Å². The van der Waals surface area contributed by atoms with Crippen LogP contribution in [0, 0.1) is 13.8 Å². The molecule has 0 fully saturated rings. The van der Waals surface area contributed by atoms with Gasteiger partial charge in [0, 0.05) is 16.8 Å². The molecule has 0 saturated carbocycles. The number of ketones is 1. The maximum Gasteiger partial charge on any atom is 0.261 e. The minimum Gasteiger partial charge on any atom is -0.332 e. The van der Waals surface area contributed by atoms with Crippen LogP contribution in [0.2, 0.25) is 0 Å². The van der Waals surface area contributed by atoms with Gasteiger partial charge in [0.2, 0.25) is 0 Å². The van der Waals surface area contributed by atoms with Crippen molar-refractivity contribution in [1.82, 2.24) is 5.32 Å². The first-order valence-corrected chi connectivity index (χ1v) is 11.9. The van der Waals surface area contributed by atoms with Crippen LogP contribution in [0.4, 0.5) is 11.4 Å². The second kappa shape index (κ2) is 9.93. The molecule has 3 aromatic rings. The zero-order chi connectivity index (χ0) is 24.2. The Bertz CT molecular complexity index is 1320. The summed E-state index contributed by atoms with van der Waals surface area (Å²) >= 11 is 5.17. The summed E-state index contributed by atoms with van der Waals surface area (Å²) in [6.07, 6.45) is 0. The second-order valence-electron chi connectivity index (χ2n) is 7.49. The molecule has 0 aliphatic rings. The van der Waals surface area contributed by atoms with Crippen molar-refractivity contribution >= 4 is 50.4 Å². The molecule has 0 aliphatic heterocycles. The zero-order valence-corrected chi connectivity index (χ0v) is 19.9. The van der Waals surface area contributed by atoms with Gasteiger partial charge in [-0.15, -0.1) is 0 Å². The summed E-state index contributed by atoms with van der Waals surface area (Å²) in [5.41, 5.74) is 3.76. The van der Waals surface area contributed by atoms with Gasteiger partial charge in [0.25, 0.3) is 15.9 Å². The van der Waals surface area contributed by atoms with Gasteiger partial charge >= 0.3 is 0 Å². The van der Waals surface area contributed by atoms with Crippen LogP contribution in [-0.4, -0.2) is 25.2 Å². The van der Waals surface area contributed by atoms with Gasteiger partial charge in [-0.25, -0.2) is 8.42 Å². The summed E-state index contributed by atoms with van der Waals surface area (Å²) in [6.45, 7) is 5.23. The number of hydrogen-bond donors (Lipinski definition) is 3. The molecule has 3 rings (SSSR count). The van der Waals surface area contributed by atoms with Crippen molar-refractivity contribution in [2.45, 2.75) is 25.7 Å². The molecule has 0 bridgehead atoms. The molecule has 0 aliphatic carbocycles. The highest BCUT2D eigenvalue weighted by Crippen LogP contribution is 2.22. The van der Waals surface area contributed by atoms with Crippen LogP contribution < -0.4 is 15.4 Å². The monoisotopic (exact) mass is 481 g/mol. The van der Waals surface area contributed by atoms with E-state index in [2.05, 4.69) is 15.4 Å². The van der Waals surface area contributed by atoms with Gasteiger partial charge in [0.05, 0.1) is 10.6 Å². The molecule has 3 aromatic carbocycles. The number of sulfonamides is 1. The van der Waals surface area contributed by atoms with Crippen LogP contribution in [-0.2, 0) is 10.0 Å². The van der Waals surface area contributed by atoms with E-state index in [0.717, 1.165) is 11.1 Å². The van der Waals surface area contributed by atoms with E-state index in [1.54, 1.807) is 30.3 Å². The maximum absolute atomic E-state index is 12.7. The molecule has 3 N–H and O–H groups in total. The van der Waals surface area contributed by atoms with E-state index in [1.807, 2.05) is 26.0 Å². The zero-order valence-electron chi connectivity index (χ0n) is 18.3. The SMILES string of the molecule is CC(=O)c1ccc(C(=O)NC(=S)Nc2ccc(S(=O)(=O)Nc3ccc(C)cc3C)cc2)cc1. The number of rotatable bonds is 6. The van der Waals surface area contributed by atoms with Crippen molar-refractivity contribution in [2.75, 3.05) is 10.0 Å². The quantitative estimate of drug-likeness (QED) is 0.355. The van der Waals surface area contributed by atoms with Crippen molar-refractivity contribution < 1.29 is 18.0 Å². The van der Waals surface area contributed by atoms with Gasteiger partial charge < -0.3 is 5.32 Å². The second-order valence-corrected chi connectivity index (χ2v) is 9.58. The smallest absolute Gasteiger partial charge is 0.261 e. The number of benzene rings is 3. The van der Waals surface area contributed by atoms with Crippen LogP contribution in [0.25, 0.3) is 0 Å². The lowest BCUT2D eigenvalue weighted by molar-refractivity contribution is 0.0974. The Labute approximate surface area is 198 Å². The molecule has 33 heavy (non-hydrogen) atoms. The predicted molar refractivity (Wildman–Crippen MR) is 133 cm³/mol. The molecule has 9 heteroatoms. The fourth-order valence-corrected chi connectivity index (χ4v) is 4.38. The number of thiocarbonyl (C=S) groups is 1. The molecule has 0 saturated heterocycles. The largest absolute Gasteiger partial charge is 0.332 e. The van der Waals surface area contributed by atoms with Crippen LogP contribution >= 0.6 is 12.2 Å². The van der Waals surface area contributed by atoms with E-state index >= 15 is 0 Å². The fraction of sp³-hybridized carbons (Fsp3) is 0.125. The summed E-state index contributed by atoms with van der Waals surface area (Å²) in [6, 6.07) is 17.7. The molecule has 0 atom stereocenters. The minimum atomic E-state index is -3.76. The molecule has 0 spiro atoms. The third-order valence-electron chi connectivity index (χ3n) is 4.83. The Balaban J connectivity index is 1.63. The first-order chi connectivity index (χ1) is 15.5. The van der Waals surface area contributed by atoms with Crippen LogP contribution in [0.3, 0.4) is 0 Å². The number of amides is 1. The van der Waals surface area contributed by atoms with E-state index in [-0.39, 0.29) is 15.8 Å².